The van der Waals surface area contributed by atoms with E-state index in [1.807, 2.05) is 13.0 Å². The molecular formula is C14H21NO2. The van der Waals surface area contributed by atoms with E-state index in [4.69, 9.17) is 9.47 Å². The van der Waals surface area contributed by atoms with Gasteiger partial charge in [-0.05, 0) is 51.0 Å². The lowest BCUT2D eigenvalue weighted by molar-refractivity contribution is 0.121. The Morgan fingerprint density at radius 3 is 2.88 bits per heavy atom. The van der Waals surface area contributed by atoms with Crippen LogP contribution in [0.15, 0.2) is 18.2 Å². The number of aryl methyl sites for hydroxylation is 1. The number of benzene rings is 1. The highest BCUT2D eigenvalue weighted by molar-refractivity contribution is 5.54. The fourth-order valence-corrected chi connectivity index (χ4v) is 2.18. The van der Waals surface area contributed by atoms with Crippen molar-refractivity contribution in [3.63, 3.8) is 0 Å². The van der Waals surface area contributed by atoms with E-state index in [2.05, 4.69) is 31.3 Å². The topological polar surface area (TPSA) is 30.5 Å². The first-order valence-corrected chi connectivity index (χ1v) is 6.32. The van der Waals surface area contributed by atoms with Gasteiger partial charge in [-0.15, -0.1) is 0 Å². The maximum Gasteiger partial charge on any atom is 0.119 e. The molecule has 0 radical (unpaired) electrons. The summed E-state index contributed by atoms with van der Waals surface area (Å²) in [5.74, 6) is 0.936. The minimum Gasteiger partial charge on any atom is -0.494 e. The number of ether oxygens (including phenoxy) is 2. The summed E-state index contributed by atoms with van der Waals surface area (Å²) < 4.78 is 11.0. The molecule has 0 bridgehead atoms. The first kappa shape index (κ1) is 12.2. The second-order valence-corrected chi connectivity index (χ2v) is 4.53. The molecule has 2 atom stereocenters. The summed E-state index contributed by atoms with van der Waals surface area (Å²) in [5, 5.41) is 3.55. The van der Waals surface area contributed by atoms with E-state index < -0.39 is 0 Å². The van der Waals surface area contributed by atoms with Gasteiger partial charge in [-0.25, -0.2) is 0 Å². The standard InChI is InChI=1S/C14H21NO2/c1-4-16-12-5-6-13(10(2)9-12)15-14-7-8-17-11(14)3/h5-6,9,11,14-15H,4,7-8H2,1-3H3. The van der Waals surface area contributed by atoms with Crippen LogP contribution in [0.25, 0.3) is 0 Å². The molecule has 1 aliphatic rings. The Bertz CT molecular complexity index is 378. The van der Waals surface area contributed by atoms with Gasteiger partial charge in [0.05, 0.1) is 18.8 Å². The van der Waals surface area contributed by atoms with E-state index in [1.165, 1.54) is 11.3 Å². The van der Waals surface area contributed by atoms with Gasteiger partial charge in [0.2, 0.25) is 0 Å². The van der Waals surface area contributed by atoms with Crippen LogP contribution in [0.3, 0.4) is 0 Å². The van der Waals surface area contributed by atoms with Crippen molar-refractivity contribution in [1.82, 2.24) is 0 Å². The van der Waals surface area contributed by atoms with Gasteiger partial charge in [0.15, 0.2) is 0 Å². The Kier molecular flexibility index (Phi) is 3.89. The molecule has 1 aromatic carbocycles. The Morgan fingerprint density at radius 1 is 1.47 bits per heavy atom. The number of hydrogen-bond donors (Lipinski definition) is 1. The lowest BCUT2D eigenvalue weighted by Crippen LogP contribution is -2.26. The molecular weight excluding hydrogens is 214 g/mol. The molecule has 2 unspecified atom stereocenters. The molecule has 1 fully saturated rings. The normalized spacial score (nSPS) is 23.7. The lowest BCUT2D eigenvalue weighted by atomic mass is 10.1. The quantitative estimate of drug-likeness (QED) is 0.870. The van der Waals surface area contributed by atoms with Gasteiger partial charge < -0.3 is 14.8 Å². The molecule has 3 nitrogen and oxygen atoms in total. The average Bonchev–Trinajstić information content (AvgIpc) is 2.69. The van der Waals surface area contributed by atoms with Crippen molar-refractivity contribution in [2.75, 3.05) is 18.5 Å². The third kappa shape index (κ3) is 2.91. The molecule has 17 heavy (non-hydrogen) atoms. The van der Waals surface area contributed by atoms with Crippen LogP contribution in [-0.2, 0) is 4.74 Å². The molecule has 1 aromatic rings. The maximum absolute atomic E-state index is 5.55. The summed E-state index contributed by atoms with van der Waals surface area (Å²) in [6.45, 7) is 7.79. The van der Waals surface area contributed by atoms with E-state index in [0.717, 1.165) is 18.8 Å². The predicted octanol–water partition coefficient (Wildman–Crippen LogP) is 2.98. The van der Waals surface area contributed by atoms with E-state index in [1.54, 1.807) is 0 Å². The summed E-state index contributed by atoms with van der Waals surface area (Å²) >= 11 is 0. The fraction of sp³-hybridized carbons (Fsp3) is 0.571. The third-order valence-corrected chi connectivity index (χ3v) is 3.23. The molecule has 0 aromatic heterocycles. The monoisotopic (exact) mass is 235 g/mol. The second kappa shape index (κ2) is 5.41. The second-order valence-electron chi connectivity index (χ2n) is 4.53. The zero-order chi connectivity index (χ0) is 12.3. The largest absolute Gasteiger partial charge is 0.494 e. The Balaban J connectivity index is 2.05. The van der Waals surface area contributed by atoms with Crippen molar-refractivity contribution in [3.05, 3.63) is 23.8 Å². The molecule has 1 N–H and O–H groups in total. The number of hydrogen-bond acceptors (Lipinski definition) is 3. The summed E-state index contributed by atoms with van der Waals surface area (Å²) in [6.07, 6.45) is 1.37. The highest BCUT2D eigenvalue weighted by atomic mass is 16.5. The number of anilines is 1. The van der Waals surface area contributed by atoms with Crippen LogP contribution in [0, 0.1) is 6.92 Å². The molecule has 3 heteroatoms. The highest BCUT2D eigenvalue weighted by Crippen LogP contribution is 2.25. The molecule has 0 aliphatic carbocycles. The molecule has 1 heterocycles. The van der Waals surface area contributed by atoms with Crippen molar-refractivity contribution in [2.45, 2.75) is 39.3 Å². The Labute approximate surface area is 103 Å². The summed E-state index contributed by atoms with van der Waals surface area (Å²) in [4.78, 5) is 0. The predicted molar refractivity (Wildman–Crippen MR) is 69.8 cm³/mol. The van der Waals surface area contributed by atoms with E-state index >= 15 is 0 Å². The van der Waals surface area contributed by atoms with Crippen LogP contribution in [-0.4, -0.2) is 25.4 Å². The molecule has 0 amide bonds. The smallest absolute Gasteiger partial charge is 0.119 e. The SMILES string of the molecule is CCOc1ccc(NC2CCOC2C)c(C)c1. The van der Waals surface area contributed by atoms with E-state index in [0.29, 0.717) is 18.8 Å². The molecule has 1 aliphatic heterocycles. The van der Waals surface area contributed by atoms with E-state index in [-0.39, 0.29) is 0 Å². The minimum absolute atomic E-state index is 0.293. The zero-order valence-corrected chi connectivity index (χ0v) is 10.8. The first-order chi connectivity index (χ1) is 8.20. The summed E-state index contributed by atoms with van der Waals surface area (Å²) in [5.41, 5.74) is 2.39. The van der Waals surface area contributed by atoms with Gasteiger partial charge in [0.25, 0.3) is 0 Å². The van der Waals surface area contributed by atoms with Crippen LogP contribution >= 0.6 is 0 Å². The lowest BCUT2D eigenvalue weighted by Gasteiger charge is -2.19. The van der Waals surface area contributed by atoms with Gasteiger partial charge in [0.1, 0.15) is 5.75 Å². The molecule has 94 valence electrons. The molecule has 2 rings (SSSR count). The van der Waals surface area contributed by atoms with Crippen LogP contribution in [0.1, 0.15) is 25.8 Å². The fourth-order valence-electron chi connectivity index (χ4n) is 2.18. The van der Waals surface area contributed by atoms with Crippen LogP contribution in [0.5, 0.6) is 5.75 Å². The van der Waals surface area contributed by atoms with E-state index in [9.17, 15) is 0 Å². The molecule has 1 saturated heterocycles. The summed E-state index contributed by atoms with van der Waals surface area (Å²) in [7, 11) is 0. The van der Waals surface area contributed by atoms with Crippen molar-refractivity contribution < 1.29 is 9.47 Å². The average molecular weight is 235 g/mol. The minimum atomic E-state index is 0.293. The molecule has 0 spiro atoms. The van der Waals surface area contributed by atoms with Crippen molar-refractivity contribution in [1.29, 1.82) is 0 Å². The summed E-state index contributed by atoms with van der Waals surface area (Å²) in [6, 6.07) is 6.60. The van der Waals surface area contributed by atoms with Crippen LogP contribution in [0.4, 0.5) is 5.69 Å². The van der Waals surface area contributed by atoms with Gasteiger partial charge in [-0.3, -0.25) is 0 Å². The van der Waals surface area contributed by atoms with Gasteiger partial charge in [0, 0.05) is 12.3 Å². The number of rotatable bonds is 4. The molecule has 0 saturated carbocycles. The van der Waals surface area contributed by atoms with Crippen molar-refractivity contribution >= 4 is 5.69 Å². The first-order valence-electron chi connectivity index (χ1n) is 6.32. The number of nitrogens with one attached hydrogen (secondary N) is 1. The zero-order valence-electron chi connectivity index (χ0n) is 10.8. The maximum atomic E-state index is 5.55. The Morgan fingerprint density at radius 2 is 2.29 bits per heavy atom. The highest BCUT2D eigenvalue weighted by Gasteiger charge is 2.24. The third-order valence-electron chi connectivity index (χ3n) is 3.23. The van der Waals surface area contributed by atoms with Gasteiger partial charge >= 0.3 is 0 Å². The Hall–Kier alpha value is -1.22. The van der Waals surface area contributed by atoms with Crippen LogP contribution in [0.2, 0.25) is 0 Å². The van der Waals surface area contributed by atoms with Crippen molar-refractivity contribution in [2.24, 2.45) is 0 Å². The van der Waals surface area contributed by atoms with Crippen LogP contribution < -0.4 is 10.1 Å². The van der Waals surface area contributed by atoms with Gasteiger partial charge in [-0.2, -0.15) is 0 Å². The van der Waals surface area contributed by atoms with Crippen molar-refractivity contribution in [3.8, 4) is 5.75 Å². The van der Waals surface area contributed by atoms with Gasteiger partial charge in [-0.1, -0.05) is 0 Å².